The largest absolute Gasteiger partial charge is 0.333 e. The lowest BCUT2D eigenvalue weighted by Crippen LogP contribution is -1.95. The van der Waals surface area contributed by atoms with E-state index in [0.29, 0.717) is 0 Å². The maximum Gasteiger partial charge on any atom is 0.0949 e. The van der Waals surface area contributed by atoms with E-state index in [-0.39, 0.29) is 0 Å². The number of rotatable bonds is 2. The van der Waals surface area contributed by atoms with Crippen molar-refractivity contribution < 1.29 is 0 Å². The molecule has 2 heteroatoms. The Balaban J connectivity index is 0.000000509. The summed E-state index contributed by atoms with van der Waals surface area (Å²) in [5.41, 5.74) is 1.30. The smallest absolute Gasteiger partial charge is 0.0949 e. The van der Waals surface area contributed by atoms with Crippen LogP contribution in [0.5, 0.6) is 0 Å². The summed E-state index contributed by atoms with van der Waals surface area (Å²) in [5.74, 6) is 0. The van der Waals surface area contributed by atoms with Crippen LogP contribution in [-0.2, 0) is 6.54 Å². The van der Waals surface area contributed by atoms with Crippen molar-refractivity contribution in [1.82, 2.24) is 9.55 Å². The molecule has 2 nitrogen and oxygen atoms in total. The highest BCUT2D eigenvalue weighted by atomic mass is 15.0. The fraction of sp³-hybridized carbons (Fsp3) is 0.357. The van der Waals surface area contributed by atoms with E-state index in [1.807, 2.05) is 58.4 Å². The Labute approximate surface area is 99.0 Å². The fourth-order valence-electron chi connectivity index (χ4n) is 1.17. The lowest BCUT2D eigenvalue weighted by atomic mass is 10.2. The van der Waals surface area contributed by atoms with Crippen LogP contribution < -0.4 is 0 Å². The van der Waals surface area contributed by atoms with Crippen molar-refractivity contribution in [3.8, 4) is 0 Å². The number of nitrogens with zero attached hydrogens (tertiary/aromatic N) is 2. The zero-order valence-electron chi connectivity index (χ0n) is 10.7. The summed E-state index contributed by atoms with van der Waals surface area (Å²) in [5, 5.41) is 0. The van der Waals surface area contributed by atoms with E-state index in [2.05, 4.69) is 21.7 Å². The molecule has 0 atom stereocenters. The Bertz CT molecular complexity index is 325. The van der Waals surface area contributed by atoms with E-state index in [4.69, 9.17) is 0 Å². The standard InChI is InChI=1S/C10H10N2.2C2H6/c1-2-4-10(5-3-1)8-12-7-6-11-9-12;2*1-2/h1-7,9H,8H2;2*1-2H3. The SMILES string of the molecule is CC.CC.c1ccc(Cn2ccnc2)cc1. The summed E-state index contributed by atoms with van der Waals surface area (Å²) in [6.45, 7) is 8.90. The van der Waals surface area contributed by atoms with E-state index in [9.17, 15) is 0 Å². The highest BCUT2D eigenvalue weighted by Gasteiger charge is 1.91. The van der Waals surface area contributed by atoms with Gasteiger partial charge in [0.15, 0.2) is 0 Å². The third kappa shape index (κ3) is 5.35. The monoisotopic (exact) mass is 218 g/mol. The lowest BCUT2D eigenvalue weighted by molar-refractivity contribution is 0.797. The second-order valence-electron chi connectivity index (χ2n) is 2.72. The van der Waals surface area contributed by atoms with Crippen LogP contribution in [0.3, 0.4) is 0 Å². The molecule has 0 bridgehead atoms. The molecule has 1 aromatic heterocycles. The Kier molecular flexibility index (Phi) is 8.99. The Hall–Kier alpha value is -1.57. The highest BCUT2D eigenvalue weighted by molar-refractivity contribution is 5.14. The predicted octanol–water partition coefficient (Wildman–Crippen LogP) is 3.98. The molecule has 0 spiro atoms. The first-order chi connectivity index (χ1) is 7.95. The van der Waals surface area contributed by atoms with E-state index in [1.54, 1.807) is 6.20 Å². The first-order valence-corrected chi connectivity index (χ1v) is 5.95. The summed E-state index contributed by atoms with van der Waals surface area (Å²) in [4.78, 5) is 3.98. The van der Waals surface area contributed by atoms with Crippen LogP contribution in [0.1, 0.15) is 33.3 Å². The summed E-state index contributed by atoms with van der Waals surface area (Å²) >= 11 is 0. The molecule has 0 fully saturated rings. The Morgan fingerprint density at radius 1 is 1.00 bits per heavy atom. The van der Waals surface area contributed by atoms with Gasteiger partial charge in [0.25, 0.3) is 0 Å². The zero-order valence-corrected chi connectivity index (χ0v) is 10.7. The second-order valence-corrected chi connectivity index (χ2v) is 2.72. The van der Waals surface area contributed by atoms with Crippen molar-refractivity contribution in [2.24, 2.45) is 0 Å². The van der Waals surface area contributed by atoms with Crippen LogP contribution in [0, 0.1) is 0 Å². The molecule has 0 aliphatic carbocycles. The first-order valence-electron chi connectivity index (χ1n) is 5.95. The minimum atomic E-state index is 0.904. The molecule has 2 aromatic rings. The van der Waals surface area contributed by atoms with Crippen LogP contribution in [0.2, 0.25) is 0 Å². The van der Waals surface area contributed by atoms with Crippen molar-refractivity contribution in [3.05, 3.63) is 54.6 Å². The van der Waals surface area contributed by atoms with Gasteiger partial charge in [-0.3, -0.25) is 0 Å². The maximum atomic E-state index is 3.98. The second kappa shape index (κ2) is 9.97. The van der Waals surface area contributed by atoms with Crippen LogP contribution in [0.25, 0.3) is 0 Å². The molecule has 0 saturated heterocycles. The molecular weight excluding hydrogens is 196 g/mol. The van der Waals surface area contributed by atoms with Gasteiger partial charge in [-0.15, -0.1) is 0 Å². The van der Waals surface area contributed by atoms with E-state index >= 15 is 0 Å². The van der Waals surface area contributed by atoms with Crippen molar-refractivity contribution >= 4 is 0 Å². The average molecular weight is 218 g/mol. The van der Waals surface area contributed by atoms with Crippen molar-refractivity contribution in [2.75, 3.05) is 0 Å². The summed E-state index contributed by atoms with van der Waals surface area (Å²) < 4.78 is 2.05. The number of benzene rings is 1. The molecule has 16 heavy (non-hydrogen) atoms. The van der Waals surface area contributed by atoms with E-state index in [0.717, 1.165) is 6.54 Å². The number of hydrogen-bond donors (Lipinski definition) is 0. The van der Waals surface area contributed by atoms with Gasteiger partial charge in [0.2, 0.25) is 0 Å². The zero-order chi connectivity index (χ0) is 12.2. The summed E-state index contributed by atoms with van der Waals surface area (Å²) in [6, 6.07) is 10.3. The van der Waals surface area contributed by atoms with Gasteiger partial charge in [-0.05, 0) is 5.56 Å². The maximum absolute atomic E-state index is 3.98. The Morgan fingerprint density at radius 2 is 1.62 bits per heavy atom. The minimum absolute atomic E-state index is 0.904. The molecule has 0 aliphatic rings. The van der Waals surface area contributed by atoms with Gasteiger partial charge < -0.3 is 4.57 Å². The first kappa shape index (κ1) is 14.4. The molecule has 88 valence electrons. The fourth-order valence-corrected chi connectivity index (χ4v) is 1.17. The molecular formula is C14H22N2. The molecule has 1 heterocycles. The molecule has 1 aromatic carbocycles. The van der Waals surface area contributed by atoms with Crippen molar-refractivity contribution in [1.29, 1.82) is 0 Å². The van der Waals surface area contributed by atoms with Gasteiger partial charge in [-0.25, -0.2) is 4.98 Å². The normalized spacial score (nSPS) is 8.25. The number of aromatic nitrogens is 2. The van der Waals surface area contributed by atoms with Crippen molar-refractivity contribution in [3.63, 3.8) is 0 Å². The topological polar surface area (TPSA) is 17.8 Å². The van der Waals surface area contributed by atoms with E-state index < -0.39 is 0 Å². The van der Waals surface area contributed by atoms with Crippen molar-refractivity contribution in [2.45, 2.75) is 34.2 Å². The lowest BCUT2D eigenvalue weighted by Gasteiger charge is -2.00. The predicted molar refractivity (Wildman–Crippen MR) is 70.5 cm³/mol. The van der Waals surface area contributed by atoms with Crippen LogP contribution >= 0.6 is 0 Å². The van der Waals surface area contributed by atoms with Gasteiger partial charge in [0, 0.05) is 18.9 Å². The average Bonchev–Trinajstić information content (AvgIpc) is 2.88. The molecule has 0 radical (unpaired) electrons. The Morgan fingerprint density at radius 3 is 2.12 bits per heavy atom. The minimum Gasteiger partial charge on any atom is -0.333 e. The molecule has 0 N–H and O–H groups in total. The van der Waals surface area contributed by atoms with Gasteiger partial charge in [-0.1, -0.05) is 58.0 Å². The summed E-state index contributed by atoms with van der Waals surface area (Å²) in [6.07, 6.45) is 5.59. The molecule has 0 amide bonds. The number of imidazole rings is 1. The van der Waals surface area contributed by atoms with Gasteiger partial charge in [-0.2, -0.15) is 0 Å². The third-order valence-corrected chi connectivity index (χ3v) is 1.77. The highest BCUT2D eigenvalue weighted by Crippen LogP contribution is 2.00. The number of hydrogen-bond acceptors (Lipinski definition) is 1. The quantitative estimate of drug-likeness (QED) is 0.745. The molecule has 0 aliphatic heterocycles. The third-order valence-electron chi connectivity index (χ3n) is 1.77. The van der Waals surface area contributed by atoms with Gasteiger partial charge >= 0.3 is 0 Å². The van der Waals surface area contributed by atoms with E-state index in [1.165, 1.54) is 5.56 Å². The molecule has 0 unspecified atom stereocenters. The summed E-state index contributed by atoms with van der Waals surface area (Å²) in [7, 11) is 0. The molecule has 0 saturated carbocycles. The molecule has 2 rings (SSSR count). The van der Waals surface area contributed by atoms with Gasteiger partial charge in [0.1, 0.15) is 0 Å². The van der Waals surface area contributed by atoms with Crippen LogP contribution in [-0.4, -0.2) is 9.55 Å². The van der Waals surface area contributed by atoms with Crippen LogP contribution in [0.15, 0.2) is 49.1 Å². The van der Waals surface area contributed by atoms with Crippen LogP contribution in [0.4, 0.5) is 0 Å². The van der Waals surface area contributed by atoms with Gasteiger partial charge in [0.05, 0.1) is 6.33 Å².